The molecule has 4 nitrogen and oxygen atoms in total. The highest BCUT2D eigenvalue weighted by Crippen LogP contribution is 2.21. The van der Waals surface area contributed by atoms with E-state index in [1.165, 1.54) is 18.2 Å². The van der Waals surface area contributed by atoms with Gasteiger partial charge in [0.25, 0.3) is 0 Å². The van der Waals surface area contributed by atoms with Crippen molar-refractivity contribution in [3.63, 3.8) is 0 Å². The van der Waals surface area contributed by atoms with Crippen molar-refractivity contribution in [1.29, 1.82) is 0 Å². The molecule has 2 N–H and O–H groups in total. The first-order valence-corrected chi connectivity index (χ1v) is 7.55. The summed E-state index contributed by atoms with van der Waals surface area (Å²) >= 11 is 5.83. The topological polar surface area (TPSA) is 66.4 Å². The van der Waals surface area contributed by atoms with Gasteiger partial charge in [-0.15, -0.1) is 0 Å². The Morgan fingerprint density at radius 3 is 2.44 bits per heavy atom. The Morgan fingerprint density at radius 1 is 1.33 bits per heavy atom. The van der Waals surface area contributed by atoms with Gasteiger partial charge in [0, 0.05) is 11.1 Å². The average Bonchev–Trinajstić information content (AvgIpc) is 2.28. The van der Waals surface area contributed by atoms with E-state index in [4.69, 9.17) is 16.7 Å². The van der Waals surface area contributed by atoms with Gasteiger partial charge in [0.2, 0.25) is 10.0 Å². The maximum Gasteiger partial charge on any atom is 0.240 e. The standard InChI is InChI=1S/C12H18ClNO3S/c1-8(2)9(3)14-18(16,17)11-4-5-12(13)10(6-11)7-15/h4-6,8-9,14-15H,7H2,1-3H3. The Labute approximate surface area is 113 Å². The lowest BCUT2D eigenvalue weighted by Gasteiger charge is -2.17. The lowest BCUT2D eigenvalue weighted by molar-refractivity contribution is 0.281. The molecule has 1 aromatic carbocycles. The van der Waals surface area contributed by atoms with Crippen LogP contribution in [0.15, 0.2) is 23.1 Å². The Morgan fingerprint density at radius 2 is 1.94 bits per heavy atom. The minimum atomic E-state index is -3.57. The highest BCUT2D eigenvalue weighted by atomic mass is 35.5. The Kier molecular flexibility index (Phi) is 5.16. The van der Waals surface area contributed by atoms with E-state index in [2.05, 4.69) is 4.72 Å². The lowest BCUT2D eigenvalue weighted by atomic mass is 10.1. The number of hydrogen-bond acceptors (Lipinski definition) is 3. The van der Waals surface area contributed by atoms with E-state index in [-0.39, 0.29) is 23.5 Å². The van der Waals surface area contributed by atoms with E-state index >= 15 is 0 Å². The summed E-state index contributed by atoms with van der Waals surface area (Å²) in [5.41, 5.74) is 0.400. The fraction of sp³-hybridized carbons (Fsp3) is 0.500. The lowest BCUT2D eigenvalue weighted by Crippen LogP contribution is -2.36. The molecule has 0 bridgehead atoms. The molecular formula is C12H18ClNO3S. The van der Waals surface area contributed by atoms with Gasteiger partial charge < -0.3 is 5.11 Å². The highest BCUT2D eigenvalue weighted by molar-refractivity contribution is 7.89. The molecule has 0 fully saturated rings. The molecule has 0 aliphatic rings. The molecule has 0 heterocycles. The first-order chi connectivity index (χ1) is 8.27. The smallest absolute Gasteiger partial charge is 0.240 e. The summed E-state index contributed by atoms with van der Waals surface area (Å²) in [6, 6.07) is 4.12. The van der Waals surface area contributed by atoms with Gasteiger partial charge in [0.15, 0.2) is 0 Å². The van der Waals surface area contributed by atoms with Crippen LogP contribution in [0, 0.1) is 5.92 Å². The van der Waals surface area contributed by atoms with Crippen LogP contribution in [0.2, 0.25) is 5.02 Å². The zero-order valence-electron chi connectivity index (χ0n) is 10.6. The summed E-state index contributed by atoms with van der Waals surface area (Å²) < 4.78 is 26.8. The van der Waals surface area contributed by atoms with Crippen LogP contribution in [0.4, 0.5) is 0 Å². The number of hydrogen-bond donors (Lipinski definition) is 2. The minimum Gasteiger partial charge on any atom is -0.392 e. The molecule has 1 aromatic rings. The van der Waals surface area contributed by atoms with Crippen molar-refractivity contribution < 1.29 is 13.5 Å². The van der Waals surface area contributed by atoms with Crippen LogP contribution in [0.25, 0.3) is 0 Å². The number of benzene rings is 1. The Balaban J connectivity index is 3.05. The second-order valence-corrected chi connectivity index (χ2v) is 6.69. The third-order valence-corrected chi connectivity index (χ3v) is 4.76. The van der Waals surface area contributed by atoms with Crippen molar-refractivity contribution in [3.05, 3.63) is 28.8 Å². The van der Waals surface area contributed by atoms with E-state index in [0.29, 0.717) is 10.6 Å². The molecule has 102 valence electrons. The molecule has 0 aliphatic heterocycles. The summed E-state index contributed by atoms with van der Waals surface area (Å²) in [5, 5.41) is 9.43. The van der Waals surface area contributed by atoms with Gasteiger partial charge in [0.05, 0.1) is 11.5 Å². The van der Waals surface area contributed by atoms with Crippen molar-refractivity contribution in [3.8, 4) is 0 Å². The fourth-order valence-corrected chi connectivity index (χ4v) is 2.91. The number of aliphatic hydroxyl groups is 1. The molecule has 0 amide bonds. The van der Waals surface area contributed by atoms with Crippen molar-refractivity contribution in [2.45, 2.75) is 38.3 Å². The quantitative estimate of drug-likeness (QED) is 0.873. The SMILES string of the molecule is CC(C)C(C)NS(=O)(=O)c1ccc(Cl)c(CO)c1. The van der Waals surface area contributed by atoms with Gasteiger partial charge in [0.1, 0.15) is 0 Å². The van der Waals surface area contributed by atoms with Crippen LogP contribution < -0.4 is 4.72 Å². The number of sulfonamides is 1. The van der Waals surface area contributed by atoms with Gasteiger partial charge in [-0.1, -0.05) is 25.4 Å². The molecule has 0 aromatic heterocycles. The first kappa shape index (κ1) is 15.4. The molecular weight excluding hydrogens is 274 g/mol. The number of halogens is 1. The molecule has 0 saturated carbocycles. The van der Waals surface area contributed by atoms with E-state index in [1.807, 2.05) is 20.8 Å². The number of aliphatic hydroxyl groups excluding tert-OH is 1. The normalized spacial score (nSPS) is 13.9. The second kappa shape index (κ2) is 6.02. The monoisotopic (exact) mass is 291 g/mol. The van der Waals surface area contributed by atoms with Crippen LogP contribution in [-0.2, 0) is 16.6 Å². The predicted octanol–water partition coefficient (Wildman–Crippen LogP) is 2.16. The molecule has 0 aliphatic carbocycles. The van der Waals surface area contributed by atoms with Gasteiger partial charge in [-0.25, -0.2) is 13.1 Å². The predicted molar refractivity (Wildman–Crippen MR) is 72.0 cm³/mol. The fourth-order valence-electron chi connectivity index (χ4n) is 1.29. The Bertz CT molecular complexity index is 514. The zero-order valence-corrected chi connectivity index (χ0v) is 12.2. The van der Waals surface area contributed by atoms with Crippen LogP contribution >= 0.6 is 11.6 Å². The van der Waals surface area contributed by atoms with Crippen LogP contribution in [0.5, 0.6) is 0 Å². The van der Waals surface area contributed by atoms with Gasteiger partial charge >= 0.3 is 0 Å². The number of nitrogens with one attached hydrogen (secondary N) is 1. The van der Waals surface area contributed by atoms with Crippen molar-refractivity contribution in [1.82, 2.24) is 4.72 Å². The largest absolute Gasteiger partial charge is 0.392 e. The average molecular weight is 292 g/mol. The van der Waals surface area contributed by atoms with E-state index in [0.717, 1.165) is 0 Å². The van der Waals surface area contributed by atoms with Crippen molar-refractivity contribution >= 4 is 21.6 Å². The summed E-state index contributed by atoms with van der Waals surface area (Å²) in [6.07, 6.45) is 0. The maximum atomic E-state index is 12.1. The summed E-state index contributed by atoms with van der Waals surface area (Å²) in [6.45, 7) is 5.40. The summed E-state index contributed by atoms with van der Waals surface area (Å²) in [5.74, 6) is 0.199. The summed E-state index contributed by atoms with van der Waals surface area (Å²) in [7, 11) is -3.57. The van der Waals surface area contributed by atoms with E-state index in [1.54, 1.807) is 0 Å². The van der Waals surface area contributed by atoms with E-state index in [9.17, 15) is 8.42 Å². The molecule has 1 atom stereocenters. The van der Waals surface area contributed by atoms with E-state index < -0.39 is 10.0 Å². The molecule has 6 heteroatoms. The van der Waals surface area contributed by atoms with Gasteiger partial charge in [-0.3, -0.25) is 0 Å². The third kappa shape index (κ3) is 3.68. The Hall–Kier alpha value is -0.620. The molecule has 0 spiro atoms. The molecule has 0 saturated heterocycles. The van der Waals surface area contributed by atoms with Gasteiger partial charge in [-0.2, -0.15) is 0 Å². The molecule has 0 radical (unpaired) electrons. The summed E-state index contributed by atoms with van der Waals surface area (Å²) in [4.78, 5) is 0.114. The number of rotatable bonds is 5. The maximum absolute atomic E-state index is 12.1. The molecule has 1 rings (SSSR count). The van der Waals surface area contributed by atoms with Crippen LogP contribution in [-0.4, -0.2) is 19.6 Å². The van der Waals surface area contributed by atoms with Gasteiger partial charge in [-0.05, 0) is 36.6 Å². The zero-order chi connectivity index (χ0) is 13.9. The highest BCUT2D eigenvalue weighted by Gasteiger charge is 2.20. The second-order valence-electron chi connectivity index (χ2n) is 4.57. The third-order valence-electron chi connectivity index (χ3n) is 2.84. The van der Waals surface area contributed by atoms with Crippen molar-refractivity contribution in [2.24, 2.45) is 5.92 Å². The van der Waals surface area contributed by atoms with Crippen LogP contribution in [0.3, 0.4) is 0 Å². The molecule has 1 unspecified atom stereocenters. The van der Waals surface area contributed by atoms with Crippen LogP contribution in [0.1, 0.15) is 26.3 Å². The minimum absolute atomic E-state index is 0.114. The first-order valence-electron chi connectivity index (χ1n) is 5.69. The molecule has 18 heavy (non-hydrogen) atoms. The van der Waals surface area contributed by atoms with Crippen molar-refractivity contribution in [2.75, 3.05) is 0 Å².